The molecule has 0 aliphatic carbocycles. The molecule has 2 N–H and O–H groups in total. The molecule has 0 bridgehead atoms. The molecule has 7 nitrogen and oxygen atoms in total. The van der Waals surface area contributed by atoms with Crippen LogP contribution < -0.4 is 15.5 Å². The molecule has 0 saturated carbocycles. The van der Waals surface area contributed by atoms with E-state index in [4.69, 9.17) is 4.99 Å². The van der Waals surface area contributed by atoms with E-state index in [9.17, 15) is 0 Å². The molecule has 0 radical (unpaired) electrons. The molecule has 1 aromatic carbocycles. The molecule has 4 rings (SSSR count). The first-order valence-corrected chi connectivity index (χ1v) is 10.6. The first kappa shape index (κ1) is 19.9. The molecule has 1 aliphatic rings. The highest BCUT2D eigenvalue weighted by Gasteiger charge is 2.20. The van der Waals surface area contributed by atoms with Crippen LogP contribution in [-0.2, 0) is 6.54 Å². The standard InChI is InChI=1S/C23H29N7/c1-2-24-23(26-18-19-7-5-8-21(17-19)30-14-6-13-27-30)28-20-10-15-29(16-11-20)22-9-3-4-12-25-22/h3-9,12-14,17,20H,2,10-11,15-16,18H2,1H3,(H2,24,26,28). The maximum atomic E-state index is 4.82. The Morgan fingerprint density at radius 1 is 1.10 bits per heavy atom. The van der Waals surface area contributed by atoms with Gasteiger partial charge in [0.05, 0.1) is 12.2 Å². The van der Waals surface area contributed by atoms with Gasteiger partial charge >= 0.3 is 0 Å². The van der Waals surface area contributed by atoms with Crippen molar-refractivity contribution in [1.82, 2.24) is 25.4 Å². The molecular formula is C23H29N7. The number of hydrogen-bond acceptors (Lipinski definition) is 4. The Labute approximate surface area is 177 Å². The van der Waals surface area contributed by atoms with E-state index >= 15 is 0 Å². The predicted octanol–water partition coefficient (Wildman–Crippen LogP) is 2.99. The molecule has 3 aromatic rings. The Hall–Kier alpha value is -3.35. The average Bonchev–Trinajstić information content (AvgIpc) is 3.34. The van der Waals surface area contributed by atoms with Gasteiger partial charge < -0.3 is 15.5 Å². The first-order chi connectivity index (χ1) is 14.8. The summed E-state index contributed by atoms with van der Waals surface area (Å²) in [5.74, 6) is 1.94. The zero-order valence-corrected chi connectivity index (χ0v) is 17.4. The van der Waals surface area contributed by atoms with Crippen molar-refractivity contribution >= 4 is 11.8 Å². The Morgan fingerprint density at radius 3 is 2.73 bits per heavy atom. The van der Waals surface area contributed by atoms with Crippen LogP contribution in [0.4, 0.5) is 5.82 Å². The number of guanidine groups is 1. The maximum absolute atomic E-state index is 4.82. The van der Waals surface area contributed by atoms with E-state index < -0.39 is 0 Å². The van der Waals surface area contributed by atoms with Gasteiger partial charge in [-0.2, -0.15) is 5.10 Å². The van der Waals surface area contributed by atoms with E-state index in [0.717, 1.165) is 55.5 Å². The minimum Gasteiger partial charge on any atom is -0.357 e. The number of nitrogens with zero attached hydrogens (tertiary/aromatic N) is 5. The number of anilines is 1. The van der Waals surface area contributed by atoms with Gasteiger partial charge in [-0.25, -0.2) is 14.7 Å². The van der Waals surface area contributed by atoms with Gasteiger partial charge in [0, 0.05) is 44.3 Å². The van der Waals surface area contributed by atoms with E-state index in [2.05, 4.69) is 62.9 Å². The number of piperidine rings is 1. The summed E-state index contributed by atoms with van der Waals surface area (Å²) in [7, 11) is 0. The SMILES string of the molecule is CCNC(=NCc1cccc(-n2cccn2)c1)NC1CCN(c2ccccn2)CC1. The van der Waals surface area contributed by atoms with Crippen molar-refractivity contribution in [3.63, 3.8) is 0 Å². The average molecular weight is 404 g/mol. The van der Waals surface area contributed by atoms with Crippen molar-refractivity contribution in [3.8, 4) is 5.69 Å². The summed E-state index contributed by atoms with van der Waals surface area (Å²) >= 11 is 0. The molecule has 1 aliphatic heterocycles. The third-order valence-electron chi connectivity index (χ3n) is 5.25. The molecule has 0 amide bonds. The Morgan fingerprint density at radius 2 is 2.00 bits per heavy atom. The van der Waals surface area contributed by atoms with Crippen molar-refractivity contribution in [1.29, 1.82) is 0 Å². The molecule has 30 heavy (non-hydrogen) atoms. The lowest BCUT2D eigenvalue weighted by atomic mass is 10.1. The zero-order valence-electron chi connectivity index (χ0n) is 17.4. The van der Waals surface area contributed by atoms with Gasteiger partial charge in [-0.3, -0.25) is 0 Å². The van der Waals surface area contributed by atoms with E-state index in [1.165, 1.54) is 0 Å². The minimum atomic E-state index is 0.415. The largest absolute Gasteiger partial charge is 0.357 e. The van der Waals surface area contributed by atoms with Gasteiger partial charge in [0.15, 0.2) is 5.96 Å². The Kier molecular flexibility index (Phi) is 6.59. The monoisotopic (exact) mass is 403 g/mol. The Bertz CT molecular complexity index is 929. The molecule has 2 aromatic heterocycles. The van der Waals surface area contributed by atoms with Crippen molar-refractivity contribution in [3.05, 3.63) is 72.7 Å². The second kappa shape index (κ2) is 9.91. The zero-order chi connectivity index (χ0) is 20.6. The molecule has 0 unspecified atom stereocenters. The molecular weight excluding hydrogens is 374 g/mol. The lowest BCUT2D eigenvalue weighted by molar-refractivity contribution is 0.459. The molecule has 0 atom stereocenters. The summed E-state index contributed by atoms with van der Waals surface area (Å²) in [6, 6.07) is 16.8. The third-order valence-corrected chi connectivity index (χ3v) is 5.25. The lowest BCUT2D eigenvalue weighted by Crippen LogP contribution is -2.48. The normalized spacial score (nSPS) is 15.2. The van der Waals surface area contributed by atoms with Crippen molar-refractivity contribution < 1.29 is 0 Å². The van der Waals surface area contributed by atoms with Crippen LogP contribution in [0.2, 0.25) is 0 Å². The highest BCUT2D eigenvalue weighted by Crippen LogP contribution is 2.17. The van der Waals surface area contributed by atoms with Crippen LogP contribution in [0.5, 0.6) is 0 Å². The van der Waals surface area contributed by atoms with E-state index in [0.29, 0.717) is 12.6 Å². The summed E-state index contributed by atoms with van der Waals surface area (Å²) in [5.41, 5.74) is 2.21. The number of nitrogens with one attached hydrogen (secondary N) is 2. The fourth-order valence-corrected chi connectivity index (χ4v) is 3.70. The lowest BCUT2D eigenvalue weighted by Gasteiger charge is -2.33. The number of pyridine rings is 1. The predicted molar refractivity (Wildman–Crippen MR) is 121 cm³/mol. The third kappa shape index (κ3) is 5.17. The van der Waals surface area contributed by atoms with Crippen LogP contribution in [0.15, 0.2) is 72.1 Å². The van der Waals surface area contributed by atoms with Crippen molar-refractivity contribution in [2.24, 2.45) is 4.99 Å². The van der Waals surface area contributed by atoms with Crippen molar-refractivity contribution in [2.45, 2.75) is 32.4 Å². The summed E-state index contributed by atoms with van der Waals surface area (Å²) in [5, 5.41) is 11.3. The van der Waals surface area contributed by atoms with Gasteiger partial charge in [-0.15, -0.1) is 0 Å². The molecule has 156 valence electrons. The van der Waals surface area contributed by atoms with Crippen LogP contribution in [0.25, 0.3) is 5.69 Å². The van der Waals surface area contributed by atoms with Crippen LogP contribution in [0, 0.1) is 0 Å². The van der Waals surface area contributed by atoms with E-state index in [-0.39, 0.29) is 0 Å². The van der Waals surface area contributed by atoms with Crippen molar-refractivity contribution in [2.75, 3.05) is 24.5 Å². The van der Waals surface area contributed by atoms with E-state index in [1.807, 2.05) is 35.3 Å². The summed E-state index contributed by atoms with van der Waals surface area (Å²) in [6.07, 6.45) is 7.73. The number of rotatable bonds is 6. The first-order valence-electron chi connectivity index (χ1n) is 10.6. The topological polar surface area (TPSA) is 70.4 Å². The van der Waals surface area contributed by atoms with Gasteiger partial charge in [0.1, 0.15) is 5.82 Å². The molecule has 1 fully saturated rings. The molecule has 3 heterocycles. The Balaban J connectivity index is 1.35. The fourth-order valence-electron chi connectivity index (χ4n) is 3.70. The van der Waals surface area contributed by atoms with Gasteiger partial charge in [-0.05, 0) is 55.7 Å². The van der Waals surface area contributed by atoms with Crippen LogP contribution in [0.1, 0.15) is 25.3 Å². The number of aromatic nitrogens is 3. The van der Waals surface area contributed by atoms with Crippen LogP contribution in [-0.4, -0.2) is 46.4 Å². The highest BCUT2D eigenvalue weighted by molar-refractivity contribution is 5.80. The van der Waals surface area contributed by atoms with Gasteiger partial charge in [0.2, 0.25) is 0 Å². The second-order valence-corrected chi connectivity index (χ2v) is 7.41. The van der Waals surface area contributed by atoms with E-state index in [1.54, 1.807) is 6.20 Å². The maximum Gasteiger partial charge on any atom is 0.191 e. The van der Waals surface area contributed by atoms with Crippen LogP contribution >= 0.6 is 0 Å². The molecule has 7 heteroatoms. The number of aliphatic imine (C=N–C) groups is 1. The smallest absolute Gasteiger partial charge is 0.191 e. The van der Waals surface area contributed by atoms with Gasteiger partial charge in [-0.1, -0.05) is 18.2 Å². The molecule has 0 spiro atoms. The quantitative estimate of drug-likeness (QED) is 0.489. The number of hydrogen-bond donors (Lipinski definition) is 2. The fraction of sp³-hybridized carbons (Fsp3) is 0.348. The minimum absolute atomic E-state index is 0.415. The summed E-state index contributed by atoms with van der Waals surface area (Å²) in [6.45, 7) is 5.56. The summed E-state index contributed by atoms with van der Waals surface area (Å²) < 4.78 is 1.87. The van der Waals surface area contributed by atoms with Gasteiger partial charge in [0.25, 0.3) is 0 Å². The number of benzene rings is 1. The second-order valence-electron chi connectivity index (χ2n) is 7.41. The van der Waals surface area contributed by atoms with Crippen LogP contribution in [0.3, 0.4) is 0 Å². The summed E-state index contributed by atoms with van der Waals surface area (Å²) in [4.78, 5) is 11.6. The highest BCUT2D eigenvalue weighted by atomic mass is 15.3. The molecule has 1 saturated heterocycles.